The van der Waals surface area contributed by atoms with Gasteiger partial charge in [-0.15, -0.1) is 0 Å². The summed E-state index contributed by atoms with van der Waals surface area (Å²) >= 11 is 9.26. The number of halogens is 2. The SMILES string of the molecule is Cn1nc(C(=O)O)c2cc(Br)cc(Cl)c21. The summed E-state index contributed by atoms with van der Waals surface area (Å²) in [4.78, 5) is 10.9. The number of hydrogen-bond acceptors (Lipinski definition) is 2. The molecule has 0 aliphatic rings. The molecule has 0 saturated carbocycles. The van der Waals surface area contributed by atoms with Gasteiger partial charge in [-0.05, 0) is 12.1 Å². The fraction of sp³-hybridized carbons (Fsp3) is 0.111. The number of carboxylic acids is 1. The Balaban J connectivity index is 2.93. The molecule has 1 heterocycles. The predicted molar refractivity (Wildman–Crippen MR) is 60.4 cm³/mol. The summed E-state index contributed by atoms with van der Waals surface area (Å²) < 4.78 is 2.20. The van der Waals surface area contributed by atoms with Crippen molar-refractivity contribution in [3.8, 4) is 0 Å². The Bertz CT molecular complexity index is 565. The van der Waals surface area contributed by atoms with E-state index >= 15 is 0 Å². The second kappa shape index (κ2) is 3.50. The van der Waals surface area contributed by atoms with Gasteiger partial charge in [0.2, 0.25) is 0 Å². The van der Waals surface area contributed by atoms with Gasteiger partial charge >= 0.3 is 5.97 Å². The van der Waals surface area contributed by atoms with E-state index < -0.39 is 5.97 Å². The number of carbonyl (C=O) groups is 1. The second-order valence-corrected chi connectivity index (χ2v) is 4.38. The highest BCUT2D eigenvalue weighted by Crippen LogP contribution is 2.29. The van der Waals surface area contributed by atoms with Crippen molar-refractivity contribution in [2.45, 2.75) is 0 Å². The summed E-state index contributed by atoms with van der Waals surface area (Å²) in [5, 5.41) is 13.9. The lowest BCUT2D eigenvalue weighted by Crippen LogP contribution is -1.99. The van der Waals surface area contributed by atoms with Crippen molar-refractivity contribution in [3.63, 3.8) is 0 Å². The number of carboxylic acid groups (broad SMARTS) is 1. The van der Waals surface area contributed by atoms with Crippen molar-refractivity contribution in [1.82, 2.24) is 9.78 Å². The molecule has 2 aromatic rings. The molecule has 2 rings (SSSR count). The van der Waals surface area contributed by atoms with E-state index in [0.717, 1.165) is 4.47 Å². The van der Waals surface area contributed by atoms with Crippen LogP contribution in [0.4, 0.5) is 0 Å². The van der Waals surface area contributed by atoms with Crippen LogP contribution in [0.1, 0.15) is 10.5 Å². The van der Waals surface area contributed by atoms with Crippen LogP contribution in [0.3, 0.4) is 0 Å². The van der Waals surface area contributed by atoms with Gasteiger partial charge < -0.3 is 5.11 Å². The van der Waals surface area contributed by atoms with E-state index in [2.05, 4.69) is 21.0 Å². The van der Waals surface area contributed by atoms with E-state index in [1.54, 1.807) is 19.2 Å². The summed E-state index contributed by atoms with van der Waals surface area (Å²) in [6.07, 6.45) is 0. The largest absolute Gasteiger partial charge is 0.476 e. The topological polar surface area (TPSA) is 55.1 Å². The maximum atomic E-state index is 10.9. The van der Waals surface area contributed by atoms with Gasteiger partial charge in [0.05, 0.1) is 10.5 Å². The first-order chi connectivity index (χ1) is 7.00. The molecular formula is C9H6BrClN2O2. The third-order valence-electron chi connectivity index (χ3n) is 2.06. The first-order valence-corrected chi connectivity index (χ1v) is 5.23. The van der Waals surface area contributed by atoms with Gasteiger partial charge in [-0.2, -0.15) is 5.10 Å². The number of benzene rings is 1. The zero-order valence-corrected chi connectivity index (χ0v) is 10.0. The lowest BCUT2D eigenvalue weighted by Gasteiger charge is -1.98. The molecular weight excluding hydrogens is 283 g/mol. The van der Waals surface area contributed by atoms with Gasteiger partial charge in [-0.3, -0.25) is 4.68 Å². The minimum atomic E-state index is -1.06. The maximum absolute atomic E-state index is 10.9. The average molecular weight is 290 g/mol. The summed E-state index contributed by atoms with van der Waals surface area (Å²) in [5.41, 5.74) is 0.632. The number of aromatic nitrogens is 2. The Morgan fingerprint density at radius 3 is 2.87 bits per heavy atom. The average Bonchev–Trinajstić information content (AvgIpc) is 2.42. The number of aryl methyl sites for hydroxylation is 1. The molecule has 0 aliphatic heterocycles. The van der Waals surface area contributed by atoms with Gasteiger partial charge in [0.15, 0.2) is 5.69 Å². The number of rotatable bonds is 1. The maximum Gasteiger partial charge on any atom is 0.357 e. The summed E-state index contributed by atoms with van der Waals surface area (Å²) in [6.45, 7) is 0. The molecule has 1 aromatic heterocycles. The van der Waals surface area contributed by atoms with E-state index in [9.17, 15) is 4.79 Å². The highest BCUT2D eigenvalue weighted by atomic mass is 79.9. The van der Waals surface area contributed by atoms with Crippen LogP contribution in [0.5, 0.6) is 0 Å². The molecule has 0 fully saturated rings. The van der Waals surface area contributed by atoms with Crippen LogP contribution in [0.15, 0.2) is 16.6 Å². The normalized spacial score (nSPS) is 10.9. The monoisotopic (exact) mass is 288 g/mol. The number of nitrogens with zero attached hydrogens (tertiary/aromatic N) is 2. The minimum Gasteiger partial charge on any atom is -0.476 e. The molecule has 0 bridgehead atoms. The smallest absolute Gasteiger partial charge is 0.357 e. The van der Waals surface area contributed by atoms with Gasteiger partial charge in [0, 0.05) is 16.9 Å². The summed E-state index contributed by atoms with van der Waals surface area (Å²) in [6, 6.07) is 3.40. The van der Waals surface area contributed by atoms with Crippen LogP contribution in [-0.4, -0.2) is 20.9 Å². The van der Waals surface area contributed by atoms with E-state index in [1.165, 1.54) is 4.68 Å². The zero-order chi connectivity index (χ0) is 11.2. The van der Waals surface area contributed by atoms with Crippen LogP contribution in [0.25, 0.3) is 10.9 Å². The Hall–Kier alpha value is -1.07. The van der Waals surface area contributed by atoms with E-state index in [-0.39, 0.29) is 5.69 Å². The summed E-state index contributed by atoms with van der Waals surface area (Å²) in [5.74, 6) is -1.06. The van der Waals surface area contributed by atoms with Crippen LogP contribution in [0, 0.1) is 0 Å². The molecule has 0 saturated heterocycles. The highest BCUT2D eigenvalue weighted by Gasteiger charge is 2.17. The molecule has 0 unspecified atom stereocenters. The number of aromatic carboxylic acids is 1. The molecule has 1 N–H and O–H groups in total. The van der Waals surface area contributed by atoms with Gasteiger partial charge in [-0.25, -0.2) is 4.79 Å². The molecule has 0 atom stereocenters. The lowest BCUT2D eigenvalue weighted by atomic mass is 10.2. The Kier molecular flexibility index (Phi) is 2.44. The number of hydrogen-bond donors (Lipinski definition) is 1. The molecule has 1 aromatic carbocycles. The van der Waals surface area contributed by atoms with Crippen molar-refractivity contribution in [1.29, 1.82) is 0 Å². The standard InChI is InChI=1S/C9H6BrClN2O2/c1-13-8-5(7(12-13)9(14)15)2-4(10)3-6(8)11/h2-3H,1H3,(H,14,15). The molecule has 4 nitrogen and oxygen atoms in total. The predicted octanol–water partition coefficient (Wildman–Crippen LogP) is 2.69. The molecule has 15 heavy (non-hydrogen) atoms. The van der Waals surface area contributed by atoms with Crippen LogP contribution in [-0.2, 0) is 7.05 Å². The van der Waals surface area contributed by atoms with E-state index in [4.69, 9.17) is 16.7 Å². The van der Waals surface area contributed by atoms with Crippen LogP contribution >= 0.6 is 27.5 Å². The van der Waals surface area contributed by atoms with Crippen molar-refractivity contribution in [2.24, 2.45) is 7.05 Å². The summed E-state index contributed by atoms with van der Waals surface area (Å²) in [7, 11) is 1.66. The van der Waals surface area contributed by atoms with Crippen LogP contribution < -0.4 is 0 Å². The highest BCUT2D eigenvalue weighted by molar-refractivity contribution is 9.10. The van der Waals surface area contributed by atoms with E-state index in [0.29, 0.717) is 15.9 Å². The molecule has 78 valence electrons. The van der Waals surface area contributed by atoms with Gasteiger partial charge in [0.1, 0.15) is 0 Å². The molecule has 6 heteroatoms. The van der Waals surface area contributed by atoms with Crippen molar-refractivity contribution in [2.75, 3.05) is 0 Å². The van der Waals surface area contributed by atoms with Crippen molar-refractivity contribution < 1.29 is 9.90 Å². The Labute approximate surface area is 98.6 Å². The van der Waals surface area contributed by atoms with E-state index in [1.807, 2.05) is 0 Å². The molecule has 0 amide bonds. The first-order valence-electron chi connectivity index (χ1n) is 4.05. The first kappa shape index (κ1) is 10.4. The van der Waals surface area contributed by atoms with Crippen molar-refractivity contribution >= 4 is 44.4 Å². The van der Waals surface area contributed by atoms with Gasteiger partial charge in [0.25, 0.3) is 0 Å². The Morgan fingerprint density at radius 1 is 1.60 bits per heavy atom. The molecule has 0 radical (unpaired) electrons. The minimum absolute atomic E-state index is 0.00991. The lowest BCUT2D eigenvalue weighted by molar-refractivity contribution is 0.0691. The molecule has 0 aliphatic carbocycles. The zero-order valence-electron chi connectivity index (χ0n) is 7.66. The fourth-order valence-corrected chi connectivity index (χ4v) is 2.42. The Morgan fingerprint density at radius 2 is 2.27 bits per heavy atom. The van der Waals surface area contributed by atoms with Crippen LogP contribution in [0.2, 0.25) is 5.02 Å². The number of fused-ring (bicyclic) bond motifs is 1. The third kappa shape index (κ3) is 1.61. The van der Waals surface area contributed by atoms with Crippen molar-refractivity contribution in [3.05, 3.63) is 27.3 Å². The second-order valence-electron chi connectivity index (χ2n) is 3.06. The van der Waals surface area contributed by atoms with Gasteiger partial charge in [-0.1, -0.05) is 27.5 Å². The quantitative estimate of drug-likeness (QED) is 0.878. The third-order valence-corrected chi connectivity index (χ3v) is 2.81. The molecule has 0 spiro atoms. The fourth-order valence-electron chi connectivity index (χ4n) is 1.49.